The molecule has 1 heterocycles. The number of benzene rings is 2. The highest BCUT2D eigenvalue weighted by atomic mass is 35.5. The lowest BCUT2D eigenvalue weighted by Gasteiger charge is -2.07. The molecule has 0 fully saturated rings. The van der Waals surface area contributed by atoms with E-state index >= 15 is 0 Å². The molecule has 7 heteroatoms. The number of anilines is 1. The van der Waals surface area contributed by atoms with Gasteiger partial charge in [0.1, 0.15) is 0 Å². The van der Waals surface area contributed by atoms with Crippen LogP contribution in [-0.4, -0.2) is 20.9 Å². The van der Waals surface area contributed by atoms with Gasteiger partial charge in [0.05, 0.1) is 12.2 Å². The molecule has 0 saturated carbocycles. The minimum Gasteiger partial charge on any atom is -0.321 e. The highest BCUT2D eigenvalue weighted by Gasteiger charge is 2.17. The largest absolute Gasteiger partial charge is 0.321 e. The summed E-state index contributed by atoms with van der Waals surface area (Å²) in [6.07, 6.45) is 0. The molecular formula is C18H16Cl2N4O. The lowest BCUT2D eigenvalue weighted by Crippen LogP contribution is -2.14. The van der Waals surface area contributed by atoms with Gasteiger partial charge in [-0.05, 0) is 55.3 Å². The Morgan fingerprint density at radius 2 is 1.84 bits per heavy atom. The van der Waals surface area contributed by atoms with Gasteiger partial charge in [-0.25, -0.2) is 4.68 Å². The second-order valence-corrected chi connectivity index (χ2v) is 6.66. The van der Waals surface area contributed by atoms with Crippen LogP contribution in [0.1, 0.15) is 27.3 Å². The van der Waals surface area contributed by atoms with Crippen molar-refractivity contribution in [2.75, 3.05) is 5.32 Å². The monoisotopic (exact) mass is 374 g/mol. The fourth-order valence-electron chi connectivity index (χ4n) is 2.51. The summed E-state index contributed by atoms with van der Waals surface area (Å²) >= 11 is 12.0. The molecule has 0 saturated heterocycles. The summed E-state index contributed by atoms with van der Waals surface area (Å²) in [5.41, 5.74) is 3.63. The van der Waals surface area contributed by atoms with Gasteiger partial charge >= 0.3 is 0 Å². The van der Waals surface area contributed by atoms with E-state index in [1.807, 2.05) is 31.2 Å². The van der Waals surface area contributed by atoms with E-state index < -0.39 is 0 Å². The Morgan fingerprint density at radius 3 is 2.52 bits per heavy atom. The molecule has 0 radical (unpaired) electrons. The minimum absolute atomic E-state index is 0.287. The quantitative estimate of drug-likeness (QED) is 0.730. The van der Waals surface area contributed by atoms with Crippen LogP contribution in [0.4, 0.5) is 5.69 Å². The Morgan fingerprint density at radius 1 is 1.12 bits per heavy atom. The third kappa shape index (κ3) is 4.18. The van der Waals surface area contributed by atoms with Gasteiger partial charge in [0, 0.05) is 15.7 Å². The van der Waals surface area contributed by atoms with Crippen LogP contribution in [-0.2, 0) is 6.54 Å². The first-order valence-corrected chi connectivity index (χ1v) is 8.41. The molecular weight excluding hydrogens is 359 g/mol. The van der Waals surface area contributed by atoms with Gasteiger partial charge in [-0.3, -0.25) is 4.79 Å². The number of halogens is 2. The number of carbonyl (C=O) groups excluding carboxylic acids is 1. The molecule has 0 aliphatic carbocycles. The summed E-state index contributed by atoms with van der Waals surface area (Å²) in [5.74, 6) is -0.293. The maximum Gasteiger partial charge on any atom is 0.278 e. The summed E-state index contributed by atoms with van der Waals surface area (Å²) < 4.78 is 1.65. The molecule has 3 aromatic rings. The fourth-order valence-corrected chi connectivity index (χ4v) is 3.08. The van der Waals surface area contributed by atoms with E-state index in [0.717, 1.165) is 16.8 Å². The Kier molecular flexibility index (Phi) is 5.06. The van der Waals surface area contributed by atoms with Crippen molar-refractivity contribution in [2.45, 2.75) is 20.4 Å². The van der Waals surface area contributed by atoms with Crippen LogP contribution in [0.3, 0.4) is 0 Å². The number of hydrogen-bond acceptors (Lipinski definition) is 3. The van der Waals surface area contributed by atoms with Gasteiger partial charge in [-0.15, -0.1) is 5.10 Å². The topological polar surface area (TPSA) is 59.8 Å². The van der Waals surface area contributed by atoms with Crippen molar-refractivity contribution >= 4 is 34.8 Å². The summed E-state index contributed by atoms with van der Waals surface area (Å²) in [5, 5.41) is 12.0. The first-order valence-electron chi connectivity index (χ1n) is 7.65. The van der Waals surface area contributed by atoms with E-state index in [0.29, 0.717) is 22.3 Å². The van der Waals surface area contributed by atoms with Gasteiger partial charge in [0.15, 0.2) is 5.69 Å². The molecule has 25 heavy (non-hydrogen) atoms. The number of amides is 1. The van der Waals surface area contributed by atoms with Crippen LogP contribution < -0.4 is 5.32 Å². The lowest BCUT2D eigenvalue weighted by molar-refractivity contribution is 0.102. The van der Waals surface area contributed by atoms with E-state index in [9.17, 15) is 4.79 Å². The van der Waals surface area contributed by atoms with Crippen molar-refractivity contribution in [3.8, 4) is 0 Å². The summed E-state index contributed by atoms with van der Waals surface area (Å²) in [4.78, 5) is 12.5. The molecule has 2 aromatic carbocycles. The zero-order valence-corrected chi connectivity index (χ0v) is 15.3. The van der Waals surface area contributed by atoms with Gasteiger partial charge in [0.2, 0.25) is 0 Å². The van der Waals surface area contributed by atoms with Crippen molar-refractivity contribution in [1.82, 2.24) is 15.0 Å². The molecule has 0 atom stereocenters. The van der Waals surface area contributed by atoms with Gasteiger partial charge in [-0.2, -0.15) is 0 Å². The van der Waals surface area contributed by atoms with Gasteiger partial charge in [0.25, 0.3) is 5.91 Å². The predicted molar refractivity (Wildman–Crippen MR) is 99.5 cm³/mol. The number of carbonyl (C=O) groups is 1. The van der Waals surface area contributed by atoms with Crippen LogP contribution in [0.5, 0.6) is 0 Å². The van der Waals surface area contributed by atoms with Crippen molar-refractivity contribution in [3.63, 3.8) is 0 Å². The van der Waals surface area contributed by atoms with E-state index in [-0.39, 0.29) is 11.6 Å². The molecule has 0 aliphatic heterocycles. The average molecular weight is 375 g/mol. The average Bonchev–Trinajstić information content (AvgIpc) is 2.87. The molecule has 1 aromatic heterocycles. The zero-order valence-electron chi connectivity index (χ0n) is 13.8. The predicted octanol–water partition coefficient (Wildman–Crippen LogP) is 4.50. The molecule has 1 amide bonds. The van der Waals surface area contributed by atoms with Crippen molar-refractivity contribution in [2.24, 2.45) is 0 Å². The molecule has 0 bridgehead atoms. The Balaban J connectivity index is 1.79. The van der Waals surface area contributed by atoms with Crippen LogP contribution in [0, 0.1) is 13.8 Å². The van der Waals surface area contributed by atoms with Crippen LogP contribution in [0.15, 0.2) is 42.5 Å². The second kappa shape index (κ2) is 7.25. The Hall–Kier alpha value is -2.37. The maximum absolute atomic E-state index is 12.5. The SMILES string of the molecule is Cc1cccc(NC(=O)c2nnn(Cc3cc(Cl)cc(Cl)c3)c2C)c1. The third-order valence-electron chi connectivity index (χ3n) is 3.73. The van der Waals surface area contributed by atoms with E-state index in [1.54, 1.807) is 29.8 Å². The first kappa shape index (κ1) is 17.5. The van der Waals surface area contributed by atoms with Gasteiger partial charge in [-0.1, -0.05) is 40.5 Å². The summed E-state index contributed by atoms with van der Waals surface area (Å²) in [7, 11) is 0. The van der Waals surface area contributed by atoms with Crippen molar-refractivity contribution in [3.05, 3.63) is 75.0 Å². The molecule has 0 aliphatic rings. The first-order chi connectivity index (χ1) is 11.9. The lowest BCUT2D eigenvalue weighted by atomic mass is 10.2. The number of nitrogens with zero attached hydrogens (tertiary/aromatic N) is 3. The highest BCUT2D eigenvalue weighted by molar-refractivity contribution is 6.34. The molecule has 128 valence electrons. The smallest absolute Gasteiger partial charge is 0.278 e. The van der Waals surface area contributed by atoms with Crippen molar-refractivity contribution in [1.29, 1.82) is 0 Å². The summed E-state index contributed by atoms with van der Waals surface area (Å²) in [6, 6.07) is 12.9. The minimum atomic E-state index is -0.293. The van der Waals surface area contributed by atoms with E-state index in [2.05, 4.69) is 15.6 Å². The Labute approximate surface area is 155 Å². The molecule has 3 rings (SSSR count). The molecule has 0 unspecified atom stereocenters. The second-order valence-electron chi connectivity index (χ2n) is 5.78. The molecule has 1 N–H and O–H groups in total. The molecule has 5 nitrogen and oxygen atoms in total. The standard InChI is InChI=1S/C18H16Cl2N4O/c1-11-4-3-5-16(6-11)21-18(25)17-12(2)24(23-22-17)10-13-7-14(19)9-15(20)8-13/h3-9H,10H2,1-2H3,(H,21,25). The van der Waals surface area contributed by atoms with E-state index in [1.165, 1.54) is 0 Å². The van der Waals surface area contributed by atoms with E-state index in [4.69, 9.17) is 23.2 Å². The van der Waals surface area contributed by atoms with Crippen LogP contribution in [0.25, 0.3) is 0 Å². The normalized spacial score (nSPS) is 10.7. The zero-order chi connectivity index (χ0) is 18.0. The van der Waals surface area contributed by atoms with Crippen molar-refractivity contribution < 1.29 is 4.79 Å². The highest BCUT2D eigenvalue weighted by Crippen LogP contribution is 2.20. The third-order valence-corrected chi connectivity index (χ3v) is 4.16. The summed E-state index contributed by atoms with van der Waals surface area (Å²) in [6.45, 7) is 4.20. The number of hydrogen-bond donors (Lipinski definition) is 1. The Bertz CT molecular complexity index is 916. The number of nitrogens with one attached hydrogen (secondary N) is 1. The molecule has 0 spiro atoms. The fraction of sp³-hybridized carbons (Fsp3) is 0.167. The number of aryl methyl sites for hydroxylation is 1. The maximum atomic E-state index is 12.5. The van der Waals surface area contributed by atoms with Crippen LogP contribution in [0.2, 0.25) is 10.0 Å². The number of aromatic nitrogens is 3. The van der Waals surface area contributed by atoms with Crippen LogP contribution >= 0.6 is 23.2 Å². The number of rotatable bonds is 4. The van der Waals surface area contributed by atoms with Gasteiger partial charge < -0.3 is 5.32 Å².